The van der Waals surface area contributed by atoms with E-state index >= 15 is 0 Å². The highest BCUT2D eigenvalue weighted by Gasteiger charge is 2.57. The number of thiocarbonyl (C=S) groups is 1. The van der Waals surface area contributed by atoms with E-state index in [4.69, 9.17) is 17.0 Å². The Labute approximate surface area is 162 Å². The average Bonchev–Trinajstić information content (AvgIpc) is 2.98. The molecule has 4 rings (SSSR count). The second kappa shape index (κ2) is 7.30. The van der Waals surface area contributed by atoms with Gasteiger partial charge in [0, 0.05) is 12.8 Å². The number of rotatable bonds is 3. The van der Waals surface area contributed by atoms with E-state index in [-0.39, 0.29) is 6.10 Å². The fraction of sp³-hybridized carbons (Fsp3) is 0.818. The molecule has 142 valence electrons. The molecule has 4 heteroatoms. The second-order valence-electron chi connectivity index (χ2n) is 9.17. The van der Waals surface area contributed by atoms with Crippen LogP contribution in [-0.4, -0.2) is 23.8 Å². The summed E-state index contributed by atoms with van der Waals surface area (Å²) in [7, 11) is 0. The lowest BCUT2D eigenvalue weighted by molar-refractivity contribution is -0.143. The largest absolute Gasteiger partial charge is 0.355 e. The van der Waals surface area contributed by atoms with Crippen LogP contribution in [0.15, 0.2) is 16.6 Å². The Kier molecular flexibility index (Phi) is 5.20. The number of ether oxygens (including phenoxy) is 1. The molecular formula is C22H31NO2S. The van der Waals surface area contributed by atoms with E-state index in [1.165, 1.54) is 25.7 Å². The number of fused-ring (bicyclic) bond motifs is 5. The van der Waals surface area contributed by atoms with Gasteiger partial charge in [0.25, 0.3) is 0 Å². The highest BCUT2D eigenvalue weighted by molar-refractivity contribution is 7.78. The van der Waals surface area contributed by atoms with Crippen LogP contribution in [0.3, 0.4) is 0 Å². The second-order valence-corrected chi connectivity index (χ2v) is 9.35. The van der Waals surface area contributed by atoms with E-state index < -0.39 is 0 Å². The van der Waals surface area contributed by atoms with Gasteiger partial charge in [-0.15, -0.1) is 0 Å². The molecule has 4 aliphatic carbocycles. The predicted octanol–water partition coefficient (Wildman–Crippen LogP) is 5.21. The van der Waals surface area contributed by atoms with E-state index in [0.717, 1.165) is 37.0 Å². The van der Waals surface area contributed by atoms with Crippen LogP contribution in [0.2, 0.25) is 0 Å². The van der Waals surface area contributed by atoms with E-state index in [0.29, 0.717) is 36.2 Å². The first-order valence-corrected chi connectivity index (χ1v) is 10.8. The number of carbonyl (C=O) groups is 1. The number of aliphatic imine (C=N–C) groups is 1. The molecule has 0 amide bonds. The average molecular weight is 374 g/mol. The van der Waals surface area contributed by atoms with E-state index in [1.54, 1.807) is 5.57 Å². The van der Waals surface area contributed by atoms with Gasteiger partial charge in [0.05, 0.1) is 11.3 Å². The Bertz CT molecular complexity index is 653. The SMILES string of the molecule is C/C=C1/CC[C@H]2[C@@H]3C[C@@H](OCN=C=S)[C@H]4CC(=O)CC[C@@H]4[C@H]3CC[C@]12C. The third-order valence-electron chi connectivity index (χ3n) is 8.41. The molecule has 0 aromatic rings. The van der Waals surface area contributed by atoms with Gasteiger partial charge in [-0.2, -0.15) is 0 Å². The topological polar surface area (TPSA) is 38.7 Å². The molecule has 4 saturated carbocycles. The smallest absolute Gasteiger partial charge is 0.147 e. The van der Waals surface area contributed by atoms with Crippen LogP contribution in [0.5, 0.6) is 0 Å². The number of ketones is 1. The number of allylic oxidation sites excluding steroid dienone is 2. The molecule has 0 unspecified atom stereocenters. The van der Waals surface area contributed by atoms with Crippen LogP contribution in [-0.2, 0) is 9.53 Å². The molecule has 0 radical (unpaired) electrons. The molecule has 0 aromatic heterocycles. The van der Waals surface area contributed by atoms with Crippen molar-refractivity contribution in [3.05, 3.63) is 11.6 Å². The lowest BCUT2D eigenvalue weighted by Gasteiger charge is -2.56. The van der Waals surface area contributed by atoms with Crippen LogP contribution >= 0.6 is 12.2 Å². The summed E-state index contributed by atoms with van der Waals surface area (Å²) >= 11 is 4.69. The summed E-state index contributed by atoms with van der Waals surface area (Å²) in [4.78, 5) is 16.1. The molecule has 0 heterocycles. The molecule has 3 nitrogen and oxygen atoms in total. The van der Waals surface area contributed by atoms with Crippen LogP contribution in [0.4, 0.5) is 0 Å². The standard InChI is InChI=1S/C22H31NO2S/c1-3-14-4-7-20-18-11-21(25-12-23-13-26)19-10-15(24)5-6-16(19)17(18)8-9-22(14,20)2/h3,16-21H,4-12H2,1-2H3/b14-3-/t16-,17-,18-,19+,20+,21-,22-/m1/s1. The number of isothiocyanates is 1. The molecule has 0 aromatic carbocycles. The molecule has 0 N–H and O–H groups in total. The zero-order valence-electron chi connectivity index (χ0n) is 16.1. The van der Waals surface area contributed by atoms with Crippen molar-refractivity contribution in [2.45, 2.75) is 71.3 Å². The Morgan fingerprint density at radius 3 is 2.81 bits per heavy atom. The molecule has 4 aliphatic rings. The quantitative estimate of drug-likeness (QED) is 0.387. The van der Waals surface area contributed by atoms with Gasteiger partial charge in [-0.25, -0.2) is 4.99 Å². The maximum atomic E-state index is 12.2. The molecule has 4 fully saturated rings. The molecule has 7 atom stereocenters. The Morgan fingerprint density at radius 1 is 1.23 bits per heavy atom. The van der Waals surface area contributed by atoms with Crippen molar-refractivity contribution in [1.29, 1.82) is 0 Å². The third-order valence-corrected chi connectivity index (χ3v) is 8.54. The maximum Gasteiger partial charge on any atom is 0.147 e. The molecule has 0 saturated heterocycles. The summed E-state index contributed by atoms with van der Waals surface area (Å²) in [6.07, 6.45) is 11.5. The highest BCUT2D eigenvalue weighted by Crippen LogP contribution is 2.64. The van der Waals surface area contributed by atoms with Gasteiger partial charge in [-0.05, 0) is 92.7 Å². The number of hydrogen-bond acceptors (Lipinski definition) is 4. The summed E-state index contributed by atoms with van der Waals surface area (Å²) in [5.74, 6) is 3.79. The summed E-state index contributed by atoms with van der Waals surface area (Å²) in [5, 5.41) is 2.41. The van der Waals surface area contributed by atoms with Gasteiger partial charge < -0.3 is 4.74 Å². The van der Waals surface area contributed by atoms with Crippen molar-refractivity contribution in [2.75, 3.05) is 6.73 Å². The molecular weight excluding hydrogens is 342 g/mol. The first kappa shape index (κ1) is 18.5. The lowest BCUT2D eigenvalue weighted by atomic mass is 9.49. The van der Waals surface area contributed by atoms with E-state index in [2.05, 4.69) is 30.1 Å². The van der Waals surface area contributed by atoms with Crippen LogP contribution < -0.4 is 0 Å². The predicted molar refractivity (Wildman–Crippen MR) is 106 cm³/mol. The Balaban J connectivity index is 1.61. The number of hydrogen-bond donors (Lipinski definition) is 0. The number of Topliss-reactive ketones (excluding diaryl/α,β-unsaturated/α-hetero) is 1. The normalized spacial score (nSPS) is 46.2. The fourth-order valence-corrected chi connectivity index (χ4v) is 7.35. The third kappa shape index (κ3) is 2.95. The molecule has 26 heavy (non-hydrogen) atoms. The van der Waals surface area contributed by atoms with Gasteiger partial charge >= 0.3 is 0 Å². The van der Waals surface area contributed by atoms with Crippen LogP contribution in [0, 0.1) is 35.0 Å². The zero-order chi connectivity index (χ0) is 18.3. The minimum absolute atomic E-state index is 0.162. The van der Waals surface area contributed by atoms with Crippen molar-refractivity contribution in [2.24, 2.45) is 40.0 Å². The molecule has 0 bridgehead atoms. The summed E-state index contributed by atoms with van der Waals surface area (Å²) < 4.78 is 6.16. The van der Waals surface area contributed by atoms with Gasteiger partial charge in [0.1, 0.15) is 12.5 Å². The summed E-state index contributed by atoms with van der Waals surface area (Å²) in [6.45, 7) is 5.03. The monoisotopic (exact) mass is 373 g/mol. The zero-order valence-corrected chi connectivity index (χ0v) is 16.9. The van der Waals surface area contributed by atoms with Crippen molar-refractivity contribution < 1.29 is 9.53 Å². The van der Waals surface area contributed by atoms with E-state index in [1.807, 2.05) is 0 Å². The van der Waals surface area contributed by atoms with Crippen molar-refractivity contribution in [3.63, 3.8) is 0 Å². The summed E-state index contributed by atoms with van der Waals surface area (Å²) in [5.41, 5.74) is 2.08. The minimum Gasteiger partial charge on any atom is -0.355 e. The highest BCUT2D eigenvalue weighted by atomic mass is 32.1. The van der Waals surface area contributed by atoms with Gasteiger partial charge in [-0.1, -0.05) is 18.6 Å². The van der Waals surface area contributed by atoms with E-state index in [9.17, 15) is 4.79 Å². The number of nitrogens with zero attached hydrogens (tertiary/aromatic N) is 1. The Hall–Kier alpha value is -0.830. The van der Waals surface area contributed by atoms with Crippen LogP contribution in [0.1, 0.15) is 65.2 Å². The van der Waals surface area contributed by atoms with Crippen molar-refractivity contribution in [1.82, 2.24) is 0 Å². The Morgan fingerprint density at radius 2 is 2.04 bits per heavy atom. The first-order chi connectivity index (χ1) is 12.6. The maximum absolute atomic E-state index is 12.2. The minimum atomic E-state index is 0.162. The van der Waals surface area contributed by atoms with Crippen molar-refractivity contribution >= 4 is 23.2 Å². The van der Waals surface area contributed by atoms with Crippen molar-refractivity contribution in [3.8, 4) is 0 Å². The van der Waals surface area contributed by atoms with Crippen LogP contribution in [0.25, 0.3) is 0 Å². The van der Waals surface area contributed by atoms with Gasteiger partial charge in [0.15, 0.2) is 0 Å². The van der Waals surface area contributed by atoms with Gasteiger partial charge in [-0.3, -0.25) is 4.79 Å². The fourth-order valence-electron chi connectivity index (χ4n) is 7.30. The van der Waals surface area contributed by atoms with Gasteiger partial charge in [0.2, 0.25) is 0 Å². The molecule has 0 spiro atoms. The lowest BCUT2D eigenvalue weighted by Crippen LogP contribution is -2.53. The number of carbonyl (C=O) groups excluding carboxylic acids is 1. The summed E-state index contributed by atoms with van der Waals surface area (Å²) in [6, 6.07) is 0. The first-order valence-electron chi connectivity index (χ1n) is 10.4. The molecule has 0 aliphatic heterocycles.